The Hall–Kier alpha value is -1.16. The van der Waals surface area contributed by atoms with Crippen molar-refractivity contribution in [2.45, 2.75) is 57.4 Å². The molecule has 0 saturated carbocycles. The summed E-state index contributed by atoms with van der Waals surface area (Å²) >= 11 is 0. The number of rotatable bonds is 8. The lowest BCUT2D eigenvalue weighted by molar-refractivity contribution is -0.0514. The molecule has 0 aliphatic carbocycles. The molecule has 0 atom stereocenters. The minimum absolute atomic E-state index is 0.428. The number of halogens is 3. The van der Waals surface area contributed by atoms with Gasteiger partial charge in [0.1, 0.15) is 6.26 Å². The van der Waals surface area contributed by atoms with E-state index in [0.29, 0.717) is 12.7 Å². The Kier molecular flexibility index (Phi) is 9.14. The Balaban J connectivity index is 3.80. The van der Waals surface area contributed by atoms with Crippen LogP contribution in [0.25, 0.3) is 0 Å². The number of alkyl halides is 3. The van der Waals surface area contributed by atoms with Crippen LogP contribution in [0.2, 0.25) is 0 Å². The van der Waals surface area contributed by atoms with Gasteiger partial charge in [-0.15, -0.1) is 0 Å². The maximum Gasteiger partial charge on any atom is 0.534 e. The Bertz CT molecular complexity index is 442. The van der Waals surface area contributed by atoms with Crippen molar-refractivity contribution in [3.05, 3.63) is 12.3 Å². The first kappa shape index (κ1) is 18.8. The fourth-order valence-corrected chi connectivity index (χ4v) is 1.63. The first-order valence-corrected chi connectivity index (χ1v) is 7.85. The van der Waals surface area contributed by atoms with Gasteiger partial charge in [0.05, 0.1) is 0 Å². The topological polar surface area (TPSA) is 43.4 Å². The molecule has 0 heterocycles. The molecule has 0 N–H and O–H groups in total. The van der Waals surface area contributed by atoms with Crippen molar-refractivity contribution in [3.8, 4) is 11.8 Å². The third-order valence-corrected chi connectivity index (χ3v) is 3.31. The van der Waals surface area contributed by atoms with E-state index in [1.54, 1.807) is 0 Å². The fourth-order valence-electron chi connectivity index (χ4n) is 1.31. The van der Waals surface area contributed by atoms with Crippen LogP contribution in [-0.2, 0) is 14.3 Å². The Morgan fingerprint density at radius 3 is 2.30 bits per heavy atom. The molecule has 0 fully saturated rings. The van der Waals surface area contributed by atoms with E-state index in [-0.39, 0.29) is 0 Å². The van der Waals surface area contributed by atoms with Gasteiger partial charge < -0.3 is 4.18 Å². The minimum atomic E-state index is -5.56. The third kappa shape index (κ3) is 8.86. The van der Waals surface area contributed by atoms with Gasteiger partial charge in [-0.25, -0.2) is 0 Å². The Morgan fingerprint density at radius 2 is 1.70 bits per heavy atom. The van der Waals surface area contributed by atoms with Crippen molar-refractivity contribution in [2.75, 3.05) is 0 Å². The van der Waals surface area contributed by atoms with Crippen molar-refractivity contribution in [2.24, 2.45) is 0 Å². The van der Waals surface area contributed by atoms with E-state index in [1.807, 2.05) is 0 Å². The molecule has 7 heteroatoms. The molecule has 0 aliphatic heterocycles. The van der Waals surface area contributed by atoms with Gasteiger partial charge in [0.2, 0.25) is 0 Å². The summed E-state index contributed by atoms with van der Waals surface area (Å²) in [5.41, 5.74) is -5.41. The van der Waals surface area contributed by atoms with Crippen LogP contribution in [0.1, 0.15) is 51.9 Å². The van der Waals surface area contributed by atoms with E-state index in [2.05, 4.69) is 22.9 Å². The quantitative estimate of drug-likeness (QED) is 0.223. The number of unbranched alkanes of at least 4 members (excludes halogenated alkanes) is 6. The van der Waals surface area contributed by atoms with E-state index in [1.165, 1.54) is 19.3 Å². The molecule has 0 amide bonds. The van der Waals surface area contributed by atoms with E-state index in [4.69, 9.17) is 0 Å². The first-order chi connectivity index (χ1) is 9.31. The predicted octanol–water partition coefficient (Wildman–Crippen LogP) is 4.12. The van der Waals surface area contributed by atoms with Crippen molar-refractivity contribution in [1.29, 1.82) is 0 Å². The average molecular weight is 312 g/mol. The molecule has 116 valence electrons. The molecule has 0 unspecified atom stereocenters. The van der Waals surface area contributed by atoms with Crippen LogP contribution in [0.15, 0.2) is 12.3 Å². The van der Waals surface area contributed by atoms with Gasteiger partial charge in [-0.05, 0) is 6.42 Å². The smallest absolute Gasteiger partial charge is 0.383 e. The number of allylic oxidation sites excluding steroid dienone is 1. The largest absolute Gasteiger partial charge is 0.534 e. The van der Waals surface area contributed by atoms with Gasteiger partial charge in [-0.2, -0.15) is 21.6 Å². The van der Waals surface area contributed by atoms with Gasteiger partial charge in [0.25, 0.3) is 0 Å². The standard InChI is InChI=1S/C13H19F3O3S/c1-2-3-4-5-6-7-8-9-10-11-12-19-20(17,18)13(14,15)16/h11-12H,2-8H2,1H3/b12-11+. The SMILES string of the molecule is CCCCCCCCC#C/C=C/OS(=O)(=O)C(F)(F)F. The average Bonchev–Trinajstić information content (AvgIpc) is 2.34. The Morgan fingerprint density at radius 1 is 1.10 bits per heavy atom. The molecule has 0 aromatic rings. The van der Waals surface area contributed by atoms with Crippen LogP contribution in [0, 0.1) is 11.8 Å². The monoisotopic (exact) mass is 312 g/mol. The lowest BCUT2D eigenvalue weighted by Crippen LogP contribution is -2.23. The lowest BCUT2D eigenvalue weighted by atomic mass is 10.1. The van der Waals surface area contributed by atoms with Gasteiger partial charge in [-0.3, -0.25) is 0 Å². The second-order valence-electron chi connectivity index (χ2n) is 4.14. The molecule has 0 bridgehead atoms. The van der Waals surface area contributed by atoms with E-state index < -0.39 is 15.6 Å². The highest BCUT2D eigenvalue weighted by molar-refractivity contribution is 7.87. The first-order valence-electron chi connectivity index (χ1n) is 6.44. The van der Waals surface area contributed by atoms with Crippen molar-refractivity contribution in [1.82, 2.24) is 0 Å². The summed E-state index contributed by atoms with van der Waals surface area (Å²) in [7, 11) is -5.56. The summed E-state index contributed by atoms with van der Waals surface area (Å²) in [5, 5.41) is 0. The third-order valence-electron chi connectivity index (χ3n) is 2.37. The summed E-state index contributed by atoms with van der Waals surface area (Å²) in [6.07, 6.45) is 8.75. The lowest BCUT2D eigenvalue weighted by Gasteiger charge is -2.04. The highest BCUT2D eigenvalue weighted by Crippen LogP contribution is 2.24. The van der Waals surface area contributed by atoms with Crippen LogP contribution in [0.5, 0.6) is 0 Å². The van der Waals surface area contributed by atoms with Crippen molar-refractivity contribution >= 4 is 10.1 Å². The molecule has 0 aromatic heterocycles. The Labute approximate surface area is 118 Å². The zero-order chi connectivity index (χ0) is 15.5. The minimum Gasteiger partial charge on any atom is -0.383 e. The second kappa shape index (κ2) is 9.70. The van der Waals surface area contributed by atoms with Crippen LogP contribution >= 0.6 is 0 Å². The molecule has 0 saturated heterocycles. The molecular formula is C13H19F3O3S. The van der Waals surface area contributed by atoms with Crippen molar-refractivity contribution < 1.29 is 25.8 Å². The molecular weight excluding hydrogens is 293 g/mol. The van der Waals surface area contributed by atoms with Gasteiger partial charge >= 0.3 is 15.6 Å². The second-order valence-corrected chi connectivity index (χ2v) is 5.70. The van der Waals surface area contributed by atoms with Gasteiger partial charge in [-0.1, -0.05) is 50.9 Å². The van der Waals surface area contributed by atoms with Crippen LogP contribution in [0.3, 0.4) is 0 Å². The maximum absolute atomic E-state index is 11.9. The van der Waals surface area contributed by atoms with E-state index >= 15 is 0 Å². The normalized spacial score (nSPS) is 12.2. The molecule has 20 heavy (non-hydrogen) atoms. The highest BCUT2D eigenvalue weighted by Gasteiger charge is 2.47. The zero-order valence-electron chi connectivity index (χ0n) is 11.4. The molecule has 0 spiro atoms. The molecule has 0 aliphatic rings. The van der Waals surface area contributed by atoms with Crippen LogP contribution in [0.4, 0.5) is 13.2 Å². The number of hydrogen-bond donors (Lipinski definition) is 0. The van der Waals surface area contributed by atoms with Gasteiger partial charge in [0, 0.05) is 12.5 Å². The maximum atomic E-state index is 11.9. The van der Waals surface area contributed by atoms with E-state index in [9.17, 15) is 21.6 Å². The summed E-state index contributed by atoms with van der Waals surface area (Å²) in [6, 6.07) is 0. The van der Waals surface area contributed by atoms with Gasteiger partial charge in [0.15, 0.2) is 0 Å². The fraction of sp³-hybridized carbons (Fsp3) is 0.692. The molecule has 3 nitrogen and oxygen atoms in total. The van der Waals surface area contributed by atoms with Crippen molar-refractivity contribution in [3.63, 3.8) is 0 Å². The van der Waals surface area contributed by atoms with E-state index in [0.717, 1.165) is 25.3 Å². The molecule has 0 aromatic carbocycles. The predicted molar refractivity (Wildman–Crippen MR) is 71.0 cm³/mol. The summed E-state index contributed by atoms with van der Waals surface area (Å²) < 4.78 is 60.1. The summed E-state index contributed by atoms with van der Waals surface area (Å²) in [6.45, 7) is 2.14. The highest BCUT2D eigenvalue weighted by atomic mass is 32.2. The zero-order valence-corrected chi connectivity index (χ0v) is 12.2. The van der Waals surface area contributed by atoms with Crippen LogP contribution in [-0.4, -0.2) is 13.9 Å². The summed E-state index contributed by atoms with van der Waals surface area (Å²) in [4.78, 5) is 0. The number of hydrogen-bond acceptors (Lipinski definition) is 3. The van der Waals surface area contributed by atoms with Crippen LogP contribution < -0.4 is 0 Å². The molecule has 0 radical (unpaired) electrons. The molecule has 0 rings (SSSR count). The summed E-state index contributed by atoms with van der Waals surface area (Å²) in [5.74, 6) is 5.13.